The SMILES string of the molecule is CC(C)N(Cc1nc(C(=O)NCCc2ccccn2)co1)Cc1ccccc1Cl. The van der Waals surface area contributed by atoms with Crippen molar-refractivity contribution in [1.29, 1.82) is 0 Å². The van der Waals surface area contributed by atoms with Crippen LogP contribution in [0.2, 0.25) is 5.02 Å². The number of oxazole rings is 1. The molecule has 0 aliphatic heterocycles. The molecule has 3 aromatic rings. The van der Waals surface area contributed by atoms with Crippen LogP contribution in [0, 0.1) is 0 Å². The second kappa shape index (κ2) is 10.2. The van der Waals surface area contributed by atoms with Crippen LogP contribution in [0.25, 0.3) is 0 Å². The molecule has 0 radical (unpaired) electrons. The molecule has 1 amide bonds. The van der Waals surface area contributed by atoms with Crippen LogP contribution < -0.4 is 5.32 Å². The first-order valence-electron chi connectivity index (χ1n) is 9.63. The lowest BCUT2D eigenvalue weighted by Crippen LogP contribution is -2.30. The third-order valence-corrected chi connectivity index (χ3v) is 4.95. The molecule has 0 atom stereocenters. The van der Waals surface area contributed by atoms with Crippen molar-refractivity contribution >= 4 is 17.5 Å². The molecule has 0 fully saturated rings. The molecular formula is C22H25ClN4O2. The van der Waals surface area contributed by atoms with Gasteiger partial charge < -0.3 is 9.73 Å². The van der Waals surface area contributed by atoms with Gasteiger partial charge in [-0.1, -0.05) is 35.9 Å². The largest absolute Gasteiger partial charge is 0.447 e. The highest BCUT2D eigenvalue weighted by Crippen LogP contribution is 2.19. The van der Waals surface area contributed by atoms with Gasteiger partial charge in [0.15, 0.2) is 5.69 Å². The Morgan fingerprint density at radius 1 is 1.17 bits per heavy atom. The molecule has 1 N–H and O–H groups in total. The summed E-state index contributed by atoms with van der Waals surface area (Å²) in [6.45, 7) is 5.86. The first kappa shape index (κ1) is 21.0. The third-order valence-electron chi connectivity index (χ3n) is 4.58. The standard InChI is InChI=1S/C22H25ClN4O2/c1-16(2)27(13-17-7-3-4-9-19(17)23)14-21-26-20(15-29-21)22(28)25-12-10-18-8-5-6-11-24-18/h3-9,11,15-16H,10,12-14H2,1-2H3,(H,25,28). The minimum absolute atomic E-state index is 0.252. The quantitative estimate of drug-likeness (QED) is 0.572. The minimum atomic E-state index is -0.252. The summed E-state index contributed by atoms with van der Waals surface area (Å²) >= 11 is 6.29. The molecule has 29 heavy (non-hydrogen) atoms. The van der Waals surface area contributed by atoms with Crippen molar-refractivity contribution in [2.75, 3.05) is 6.54 Å². The highest BCUT2D eigenvalue weighted by atomic mass is 35.5. The number of carbonyl (C=O) groups excluding carboxylic acids is 1. The van der Waals surface area contributed by atoms with E-state index in [2.05, 4.69) is 34.0 Å². The smallest absolute Gasteiger partial charge is 0.273 e. The highest BCUT2D eigenvalue weighted by molar-refractivity contribution is 6.31. The van der Waals surface area contributed by atoms with E-state index in [1.807, 2.05) is 42.5 Å². The molecule has 1 aromatic carbocycles. The summed E-state index contributed by atoms with van der Waals surface area (Å²) in [5, 5.41) is 3.59. The van der Waals surface area contributed by atoms with E-state index >= 15 is 0 Å². The van der Waals surface area contributed by atoms with Gasteiger partial charge in [-0.15, -0.1) is 0 Å². The van der Waals surface area contributed by atoms with Gasteiger partial charge in [0.05, 0.1) is 6.54 Å². The van der Waals surface area contributed by atoms with E-state index in [1.165, 1.54) is 6.26 Å². The van der Waals surface area contributed by atoms with Crippen LogP contribution in [0.15, 0.2) is 59.3 Å². The average Bonchev–Trinajstić information content (AvgIpc) is 3.18. The van der Waals surface area contributed by atoms with Gasteiger partial charge in [0, 0.05) is 42.5 Å². The second-order valence-corrected chi connectivity index (χ2v) is 7.45. The van der Waals surface area contributed by atoms with Gasteiger partial charge >= 0.3 is 0 Å². The molecular weight excluding hydrogens is 388 g/mol. The number of aromatic nitrogens is 2. The van der Waals surface area contributed by atoms with E-state index in [9.17, 15) is 4.79 Å². The molecule has 0 aliphatic rings. The first-order chi connectivity index (χ1) is 14.0. The van der Waals surface area contributed by atoms with Crippen LogP contribution >= 0.6 is 11.6 Å². The summed E-state index contributed by atoms with van der Waals surface area (Å²) in [4.78, 5) is 23.1. The Balaban J connectivity index is 1.56. The van der Waals surface area contributed by atoms with Crippen molar-refractivity contribution in [2.45, 2.75) is 39.4 Å². The van der Waals surface area contributed by atoms with Crippen molar-refractivity contribution in [2.24, 2.45) is 0 Å². The van der Waals surface area contributed by atoms with Gasteiger partial charge in [-0.25, -0.2) is 4.98 Å². The third kappa shape index (κ3) is 6.14. The minimum Gasteiger partial charge on any atom is -0.447 e. The fourth-order valence-electron chi connectivity index (χ4n) is 2.87. The summed E-state index contributed by atoms with van der Waals surface area (Å²) in [7, 11) is 0. The molecule has 0 aliphatic carbocycles. The van der Waals surface area contributed by atoms with Crippen molar-refractivity contribution in [3.63, 3.8) is 0 Å². The van der Waals surface area contributed by atoms with Crippen LogP contribution in [-0.2, 0) is 19.5 Å². The maximum atomic E-state index is 12.3. The lowest BCUT2D eigenvalue weighted by Gasteiger charge is -2.25. The van der Waals surface area contributed by atoms with E-state index in [1.54, 1.807) is 6.20 Å². The lowest BCUT2D eigenvalue weighted by molar-refractivity contribution is 0.0949. The number of nitrogens with one attached hydrogen (secondary N) is 1. The summed E-state index contributed by atoms with van der Waals surface area (Å²) < 4.78 is 5.54. The van der Waals surface area contributed by atoms with Gasteiger partial charge in [0.25, 0.3) is 5.91 Å². The van der Waals surface area contributed by atoms with Crippen LogP contribution in [0.1, 0.15) is 41.5 Å². The van der Waals surface area contributed by atoms with Crippen molar-refractivity contribution < 1.29 is 9.21 Å². The molecule has 152 valence electrons. The van der Waals surface area contributed by atoms with Crippen molar-refractivity contribution in [1.82, 2.24) is 20.2 Å². The zero-order valence-electron chi connectivity index (χ0n) is 16.6. The number of carbonyl (C=O) groups is 1. The van der Waals surface area contributed by atoms with Crippen molar-refractivity contribution in [3.05, 3.63) is 82.8 Å². The number of hydrogen-bond donors (Lipinski definition) is 1. The fourth-order valence-corrected chi connectivity index (χ4v) is 3.06. The topological polar surface area (TPSA) is 71.3 Å². The number of benzene rings is 1. The molecule has 0 unspecified atom stereocenters. The maximum Gasteiger partial charge on any atom is 0.273 e. The number of rotatable bonds is 9. The number of pyridine rings is 1. The molecule has 7 heteroatoms. The fraction of sp³-hybridized carbons (Fsp3) is 0.318. The zero-order chi connectivity index (χ0) is 20.6. The van der Waals surface area contributed by atoms with Crippen LogP contribution in [0.4, 0.5) is 0 Å². The van der Waals surface area contributed by atoms with Gasteiger partial charge in [-0.2, -0.15) is 0 Å². The Kier molecular flexibility index (Phi) is 7.38. The van der Waals surface area contributed by atoms with E-state index in [0.29, 0.717) is 31.9 Å². The number of hydrogen-bond acceptors (Lipinski definition) is 5. The van der Waals surface area contributed by atoms with Crippen LogP contribution in [-0.4, -0.2) is 33.4 Å². The molecule has 2 aromatic heterocycles. The molecule has 3 rings (SSSR count). The molecule has 0 bridgehead atoms. The summed E-state index contributed by atoms with van der Waals surface area (Å²) in [5.74, 6) is 0.249. The highest BCUT2D eigenvalue weighted by Gasteiger charge is 2.17. The average molecular weight is 413 g/mol. The molecule has 6 nitrogen and oxygen atoms in total. The van der Waals surface area contributed by atoms with Crippen LogP contribution in [0.5, 0.6) is 0 Å². The number of halogens is 1. The Bertz CT molecular complexity index is 927. The molecule has 2 heterocycles. The van der Waals surface area contributed by atoms with Gasteiger partial charge in [0.1, 0.15) is 6.26 Å². The number of nitrogens with zero attached hydrogens (tertiary/aromatic N) is 3. The normalized spacial score (nSPS) is 11.2. The van der Waals surface area contributed by atoms with Gasteiger partial charge in [0.2, 0.25) is 5.89 Å². The van der Waals surface area contributed by atoms with E-state index in [0.717, 1.165) is 16.3 Å². The Morgan fingerprint density at radius 2 is 1.97 bits per heavy atom. The summed E-state index contributed by atoms with van der Waals surface area (Å²) in [6, 6.07) is 13.8. The number of amides is 1. The van der Waals surface area contributed by atoms with Gasteiger partial charge in [-0.05, 0) is 37.6 Å². The summed E-state index contributed by atoms with van der Waals surface area (Å²) in [5.41, 5.74) is 2.25. The Morgan fingerprint density at radius 3 is 2.69 bits per heavy atom. The van der Waals surface area contributed by atoms with Crippen LogP contribution in [0.3, 0.4) is 0 Å². The maximum absolute atomic E-state index is 12.3. The molecule has 0 saturated carbocycles. The first-order valence-corrected chi connectivity index (χ1v) is 10.0. The van der Waals surface area contributed by atoms with E-state index in [-0.39, 0.29) is 17.6 Å². The molecule has 0 saturated heterocycles. The van der Waals surface area contributed by atoms with E-state index < -0.39 is 0 Å². The predicted molar refractivity (Wildman–Crippen MR) is 113 cm³/mol. The van der Waals surface area contributed by atoms with E-state index in [4.69, 9.17) is 16.0 Å². The Labute approximate surface area is 175 Å². The monoisotopic (exact) mass is 412 g/mol. The predicted octanol–water partition coefficient (Wildman–Crippen LogP) is 4.11. The lowest BCUT2D eigenvalue weighted by atomic mass is 10.2. The van der Waals surface area contributed by atoms with Crippen molar-refractivity contribution in [3.8, 4) is 0 Å². The van der Waals surface area contributed by atoms with Gasteiger partial charge in [-0.3, -0.25) is 14.7 Å². The zero-order valence-corrected chi connectivity index (χ0v) is 17.4. The second-order valence-electron chi connectivity index (χ2n) is 7.04. The Hall–Kier alpha value is -2.70. The molecule has 0 spiro atoms. The summed E-state index contributed by atoms with van der Waals surface area (Å²) in [6.07, 6.45) is 3.81.